The smallest absolute Gasteiger partial charge is 0.475 e. The molecule has 1 unspecified atom stereocenters. The Balaban J connectivity index is 0.000000370. The average Bonchev–Trinajstić information content (AvgIpc) is 2.62. The van der Waals surface area contributed by atoms with Crippen molar-refractivity contribution in [1.29, 1.82) is 0 Å². The lowest BCUT2D eigenvalue weighted by atomic mass is 9.81. The zero-order valence-electron chi connectivity index (χ0n) is 16.2. The van der Waals surface area contributed by atoms with Gasteiger partial charge in [0, 0.05) is 37.6 Å². The Hall–Kier alpha value is -1.72. The van der Waals surface area contributed by atoms with Gasteiger partial charge in [0.25, 0.3) is 0 Å². The zero-order valence-corrected chi connectivity index (χ0v) is 17.0. The van der Waals surface area contributed by atoms with Gasteiger partial charge in [0.2, 0.25) is 10.0 Å². The molecule has 2 fully saturated rings. The first-order valence-electron chi connectivity index (χ1n) is 9.33. The predicted octanol–water partition coefficient (Wildman–Crippen LogP) is 2.50. The van der Waals surface area contributed by atoms with Crippen molar-refractivity contribution in [3.05, 3.63) is 30.1 Å². The molecule has 0 amide bonds. The third kappa shape index (κ3) is 6.65. The minimum Gasteiger partial charge on any atom is -0.475 e. The number of halogens is 3. The monoisotopic (exact) mass is 437 g/mol. The standard InChI is InChI=1S/C16H25N3O2S.C2HF3O2/c1-22(20,21)19-11-3-2-7-16(19)8-5-10-18(14-16)13-15-6-4-9-17-12-15;3-2(4,5)1(6)7/h4,6,9,12H,2-3,5,7-8,10-11,13-14H2,1H3;(H,6,7). The molecule has 2 aliphatic rings. The van der Waals surface area contributed by atoms with Gasteiger partial charge in [0.15, 0.2) is 0 Å². The molecule has 11 heteroatoms. The van der Waals surface area contributed by atoms with E-state index in [0.29, 0.717) is 6.54 Å². The number of sulfonamides is 1. The van der Waals surface area contributed by atoms with Gasteiger partial charge in [0.05, 0.1) is 6.26 Å². The fourth-order valence-electron chi connectivity index (χ4n) is 4.09. The van der Waals surface area contributed by atoms with Crippen LogP contribution in [0.2, 0.25) is 0 Å². The summed E-state index contributed by atoms with van der Waals surface area (Å²) in [7, 11) is -3.14. The van der Waals surface area contributed by atoms with E-state index in [0.717, 1.165) is 51.7 Å². The van der Waals surface area contributed by atoms with Crippen LogP contribution in [0.5, 0.6) is 0 Å². The van der Waals surface area contributed by atoms with Gasteiger partial charge >= 0.3 is 12.1 Å². The van der Waals surface area contributed by atoms with Gasteiger partial charge < -0.3 is 5.11 Å². The molecular weight excluding hydrogens is 411 g/mol. The van der Waals surface area contributed by atoms with Gasteiger partial charge in [-0.2, -0.15) is 17.5 Å². The molecule has 0 saturated carbocycles. The third-order valence-corrected chi connectivity index (χ3v) is 6.56. The maximum Gasteiger partial charge on any atom is 0.490 e. The van der Waals surface area contributed by atoms with Gasteiger partial charge in [-0.05, 0) is 43.9 Å². The molecule has 0 aromatic carbocycles. The summed E-state index contributed by atoms with van der Waals surface area (Å²) < 4.78 is 58.0. The van der Waals surface area contributed by atoms with E-state index < -0.39 is 22.2 Å². The molecule has 2 aliphatic heterocycles. The molecule has 3 heterocycles. The maximum absolute atomic E-state index is 12.2. The van der Waals surface area contributed by atoms with Crippen LogP contribution in [0.3, 0.4) is 0 Å². The second kappa shape index (κ2) is 9.40. The number of hydrogen-bond donors (Lipinski definition) is 1. The normalized spacial score (nSPS) is 24.0. The van der Waals surface area contributed by atoms with Crippen molar-refractivity contribution < 1.29 is 31.5 Å². The number of likely N-dealkylation sites (tertiary alicyclic amines) is 1. The number of hydrogen-bond acceptors (Lipinski definition) is 5. The van der Waals surface area contributed by atoms with Crippen LogP contribution in [-0.4, -0.2) is 71.3 Å². The summed E-state index contributed by atoms with van der Waals surface area (Å²) in [4.78, 5) is 15.5. The van der Waals surface area contributed by atoms with Crippen LogP contribution in [0.4, 0.5) is 13.2 Å². The highest BCUT2D eigenvalue weighted by molar-refractivity contribution is 7.88. The summed E-state index contributed by atoms with van der Waals surface area (Å²) in [5, 5.41) is 7.12. The Bertz CT molecular complexity index is 785. The molecule has 1 atom stereocenters. The minimum absolute atomic E-state index is 0.188. The number of piperidine rings is 2. The first kappa shape index (κ1) is 23.6. The van der Waals surface area contributed by atoms with Crippen LogP contribution >= 0.6 is 0 Å². The van der Waals surface area contributed by atoms with Crippen molar-refractivity contribution in [3.63, 3.8) is 0 Å². The van der Waals surface area contributed by atoms with E-state index >= 15 is 0 Å². The van der Waals surface area contributed by atoms with E-state index in [1.54, 1.807) is 10.5 Å². The van der Waals surface area contributed by atoms with Crippen molar-refractivity contribution in [3.8, 4) is 0 Å². The van der Waals surface area contributed by atoms with Crippen LogP contribution in [0, 0.1) is 0 Å². The number of carbonyl (C=O) groups is 1. The van der Waals surface area contributed by atoms with Crippen molar-refractivity contribution in [1.82, 2.24) is 14.2 Å². The molecule has 2 saturated heterocycles. The van der Waals surface area contributed by atoms with Gasteiger partial charge in [-0.15, -0.1) is 0 Å². The number of aromatic nitrogens is 1. The molecule has 1 aromatic heterocycles. The number of alkyl halides is 3. The zero-order chi connectivity index (χ0) is 21.7. The van der Waals surface area contributed by atoms with Gasteiger partial charge in [-0.1, -0.05) is 12.5 Å². The van der Waals surface area contributed by atoms with E-state index in [9.17, 15) is 21.6 Å². The Labute approximate surface area is 168 Å². The van der Waals surface area contributed by atoms with E-state index in [-0.39, 0.29) is 5.54 Å². The number of rotatable bonds is 3. The average molecular weight is 437 g/mol. The lowest BCUT2D eigenvalue weighted by Gasteiger charge is -2.51. The second-order valence-electron chi connectivity index (χ2n) is 7.49. The highest BCUT2D eigenvalue weighted by Gasteiger charge is 2.46. The summed E-state index contributed by atoms with van der Waals surface area (Å²) in [5.74, 6) is -2.76. The van der Waals surface area contributed by atoms with Crippen molar-refractivity contribution in [2.75, 3.05) is 25.9 Å². The quantitative estimate of drug-likeness (QED) is 0.781. The molecule has 0 bridgehead atoms. The summed E-state index contributed by atoms with van der Waals surface area (Å²) in [6.07, 6.45) is 5.12. The van der Waals surface area contributed by atoms with E-state index in [4.69, 9.17) is 9.90 Å². The molecular formula is C18H26F3N3O4S. The summed E-state index contributed by atoms with van der Waals surface area (Å²) in [5.41, 5.74) is 1.01. The predicted molar refractivity (Wildman–Crippen MR) is 101 cm³/mol. The summed E-state index contributed by atoms with van der Waals surface area (Å²) >= 11 is 0. The third-order valence-electron chi connectivity index (χ3n) is 5.19. The topological polar surface area (TPSA) is 90.8 Å². The van der Waals surface area contributed by atoms with Crippen LogP contribution in [0.15, 0.2) is 24.5 Å². The fourth-order valence-corrected chi connectivity index (χ4v) is 5.49. The Morgan fingerprint density at radius 2 is 1.90 bits per heavy atom. The molecule has 1 aromatic rings. The van der Waals surface area contributed by atoms with Gasteiger partial charge in [-0.25, -0.2) is 13.2 Å². The van der Waals surface area contributed by atoms with E-state index in [1.807, 2.05) is 12.3 Å². The fraction of sp³-hybridized carbons (Fsp3) is 0.667. The Kier molecular flexibility index (Phi) is 7.63. The Morgan fingerprint density at radius 1 is 1.24 bits per heavy atom. The van der Waals surface area contributed by atoms with Gasteiger partial charge in [0.1, 0.15) is 0 Å². The molecule has 0 radical (unpaired) electrons. The second-order valence-corrected chi connectivity index (χ2v) is 9.40. The first-order chi connectivity index (χ1) is 13.4. The summed E-state index contributed by atoms with van der Waals surface area (Å²) in [6, 6.07) is 4.04. The van der Waals surface area contributed by atoms with Gasteiger partial charge in [-0.3, -0.25) is 9.88 Å². The highest BCUT2D eigenvalue weighted by Crippen LogP contribution is 2.38. The van der Waals surface area contributed by atoms with Crippen LogP contribution in [-0.2, 0) is 21.4 Å². The van der Waals surface area contributed by atoms with E-state index in [1.165, 1.54) is 11.8 Å². The summed E-state index contributed by atoms with van der Waals surface area (Å²) in [6.45, 7) is 3.41. The molecule has 7 nitrogen and oxygen atoms in total. The number of aliphatic carboxylic acids is 1. The maximum atomic E-state index is 12.2. The number of carboxylic acid groups (broad SMARTS) is 1. The SMILES string of the molecule is CS(=O)(=O)N1CCCCC12CCCN(Cc1cccnc1)C2.O=C(O)C(F)(F)F. The molecule has 164 valence electrons. The largest absolute Gasteiger partial charge is 0.490 e. The van der Waals surface area contributed by atoms with Crippen LogP contribution < -0.4 is 0 Å². The molecule has 3 rings (SSSR count). The molecule has 1 N–H and O–H groups in total. The number of nitrogens with zero attached hydrogens (tertiary/aromatic N) is 3. The first-order valence-corrected chi connectivity index (χ1v) is 11.2. The van der Waals surface area contributed by atoms with Crippen molar-refractivity contribution >= 4 is 16.0 Å². The number of pyridine rings is 1. The lowest BCUT2D eigenvalue weighted by Crippen LogP contribution is -2.61. The highest BCUT2D eigenvalue weighted by atomic mass is 32.2. The van der Waals surface area contributed by atoms with E-state index in [2.05, 4.69) is 16.0 Å². The molecule has 0 aliphatic carbocycles. The van der Waals surface area contributed by atoms with Crippen molar-refractivity contribution in [2.24, 2.45) is 0 Å². The van der Waals surface area contributed by atoms with Crippen molar-refractivity contribution in [2.45, 2.75) is 50.4 Å². The lowest BCUT2D eigenvalue weighted by molar-refractivity contribution is -0.192. The van der Waals surface area contributed by atoms with Crippen LogP contribution in [0.1, 0.15) is 37.7 Å². The Morgan fingerprint density at radius 3 is 2.45 bits per heavy atom. The van der Waals surface area contributed by atoms with Crippen LogP contribution in [0.25, 0.3) is 0 Å². The number of carboxylic acids is 1. The minimum atomic E-state index is -5.08. The molecule has 1 spiro atoms. The molecule has 29 heavy (non-hydrogen) atoms.